The van der Waals surface area contributed by atoms with E-state index in [0.717, 1.165) is 5.92 Å². The average Bonchev–Trinajstić information content (AvgIpc) is 2.10. The third kappa shape index (κ3) is 6.45. The third-order valence-electron chi connectivity index (χ3n) is 2.32. The fourth-order valence-corrected chi connectivity index (χ4v) is 1.42. The first kappa shape index (κ1) is 11.7. The molecule has 0 aliphatic carbocycles. The average molecular weight is 168 g/mol. The molecule has 0 heteroatoms. The normalized spacial score (nSPS) is 13.9. The molecule has 0 radical (unpaired) electrons. The van der Waals surface area contributed by atoms with Gasteiger partial charge in [0.1, 0.15) is 0 Å². The number of allylic oxidation sites excluding steroid dienone is 2. The molecule has 1 atom stereocenters. The molecule has 0 spiro atoms. The van der Waals surface area contributed by atoms with Gasteiger partial charge in [-0.05, 0) is 25.2 Å². The van der Waals surface area contributed by atoms with Gasteiger partial charge >= 0.3 is 0 Å². The summed E-state index contributed by atoms with van der Waals surface area (Å²) in [6, 6.07) is 0. The topological polar surface area (TPSA) is 0 Å². The van der Waals surface area contributed by atoms with Crippen LogP contribution in [0.1, 0.15) is 59.3 Å². The second-order valence-electron chi connectivity index (χ2n) is 3.53. The lowest BCUT2D eigenvalue weighted by Crippen LogP contribution is -1.92. The van der Waals surface area contributed by atoms with Crippen molar-refractivity contribution >= 4 is 0 Å². The highest BCUT2D eigenvalue weighted by Gasteiger charge is 1.97. The summed E-state index contributed by atoms with van der Waals surface area (Å²) < 4.78 is 0. The summed E-state index contributed by atoms with van der Waals surface area (Å²) in [5.74, 6) is 0.840. The molecule has 72 valence electrons. The standard InChI is InChI=1S/C12H24/c1-4-7-8-9-11-12(6-3)10-5-2/h9,11-12H,4-8,10H2,1-3H3/b11-9+. The van der Waals surface area contributed by atoms with Gasteiger partial charge in [-0.25, -0.2) is 0 Å². The molecule has 0 saturated carbocycles. The van der Waals surface area contributed by atoms with E-state index in [2.05, 4.69) is 32.9 Å². The van der Waals surface area contributed by atoms with Crippen LogP contribution in [0.2, 0.25) is 0 Å². The molecule has 1 unspecified atom stereocenters. The molecule has 0 amide bonds. The minimum atomic E-state index is 0.840. The molecule has 0 fully saturated rings. The Morgan fingerprint density at radius 1 is 1.08 bits per heavy atom. The minimum absolute atomic E-state index is 0.840. The van der Waals surface area contributed by atoms with Crippen molar-refractivity contribution in [3.8, 4) is 0 Å². The number of unbranched alkanes of at least 4 members (excludes halogenated alkanes) is 2. The zero-order valence-electron chi connectivity index (χ0n) is 8.97. The van der Waals surface area contributed by atoms with Gasteiger partial charge in [0.25, 0.3) is 0 Å². The quantitative estimate of drug-likeness (QED) is 0.386. The number of rotatable bonds is 7. The molecular weight excluding hydrogens is 144 g/mol. The van der Waals surface area contributed by atoms with Gasteiger partial charge in [0.2, 0.25) is 0 Å². The molecule has 0 aliphatic heterocycles. The molecule has 0 bridgehead atoms. The maximum atomic E-state index is 2.42. The van der Waals surface area contributed by atoms with E-state index < -0.39 is 0 Å². The Hall–Kier alpha value is -0.260. The van der Waals surface area contributed by atoms with Crippen LogP contribution in [0.3, 0.4) is 0 Å². The second-order valence-corrected chi connectivity index (χ2v) is 3.53. The van der Waals surface area contributed by atoms with Gasteiger partial charge in [0.05, 0.1) is 0 Å². The molecule has 0 rings (SSSR count). The third-order valence-corrected chi connectivity index (χ3v) is 2.32. The van der Waals surface area contributed by atoms with E-state index >= 15 is 0 Å². The Bertz CT molecular complexity index is 103. The lowest BCUT2D eigenvalue weighted by atomic mass is 10.00. The summed E-state index contributed by atoms with van der Waals surface area (Å²) in [7, 11) is 0. The monoisotopic (exact) mass is 168 g/mol. The van der Waals surface area contributed by atoms with Crippen LogP contribution in [0.4, 0.5) is 0 Å². The molecular formula is C12H24. The molecule has 12 heavy (non-hydrogen) atoms. The van der Waals surface area contributed by atoms with Crippen LogP contribution in [0, 0.1) is 5.92 Å². The van der Waals surface area contributed by atoms with E-state index in [1.54, 1.807) is 0 Å². The first-order chi connectivity index (χ1) is 5.85. The summed E-state index contributed by atoms with van der Waals surface area (Å²) in [4.78, 5) is 0. The minimum Gasteiger partial charge on any atom is -0.0883 e. The van der Waals surface area contributed by atoms with Crippen LogP contribution in [-0.4, -0.2) is 0 Å². The molecule has 0 saturated heterocycles. The fourth-order valence-electron chi connectivity index (χ4n) is 1.42. The summed E-state index contributed by atoms with van der Waals surface area (Å²) in [6.07, 6.45) is 12.7. The molecule has 0 aromatic rings. The van der Waals surface area contributed by atoms with Crippen LogP contribution in [-0.2, 0) is 0 Å². The summed E-state index contributed by atoms with van der Waals surface area (Å²) in [5.41, 5.74) is 0. The largest absolute Gasteiger partial charge is 0.0883 e. The van der Waals surface area contributed by atoms with Gasteiger partial charge in [-0.2, -0.15) is 0 Å². The Balaban J connectivity index is 3.46. The Labute approximate surface area is 78.1 Å². The van der Waals surface area contributed by atoms with Crippen molar-refractivity contribution in [2.45, 2.75) is 59.3 Å². The van der Waals surface area contributed by atoms with Crippen molar-refractivity contribution in [2.75, 3.05) is 0 Å². The van der Waals surface area contributed by atoms with Gasteiger partial charge in [0.15, 0.2) is 0 Å². The molecule has 0 N–H and O–H groups in total. The molecule has 0 aromatic carbocycles. The van der Waals surface area contributed by atoms with Crippen molar-refractivity contribution < 1.29 is 0 Å². The van der Waals surface area contributed by atoms with E-state index in [1.165, 1.54) is 38.5 Å². The van der Waals surface area contributed by atoms with Crippen molar-refractivity contribution in [3.63, 3.8) is 0 Å². The van der Waals surface area contributed by atoms with Gasteiger partial charge in [-0.3, -0.25) is 0 Å². The molecule has 0 aromatic heterocycles. The van der Waals surface area contributed by atoms with E-state index in [4.69, 9.17) is 0 Å². The summed E-state index contributed by atoms with van der Waals surface area (Å²) in [6.45, 7) is 6.80. The molecule has 0 heterocycles. The van der Waals surface area contributed by atoms with E-state index in [0.29, 0.717) is 0 Å². The number of hydrogen-bond acceptors (Lipinski definition) is 0. The first-order valence-corrected chi connectivity index (χ1v) is 5.51. The Morgan fingerprint density at radius 3 is 2.33 bits per heavy atom. The SMILES string of the molecule is CCCC/C=C/C(CC)CCC. The van der Waals surface area contributed by atoms with Crippen molar-refractivity contribution in [1.82, 2.24) is 0 Å². The highest BCUT2D eigenvalue weighted by molar-refractivity contribution is 4.87. The zero-order valence-corrected chi connectivity index (χ0v) is 8.97. The molecule has 0 nitrogen and oxygen atoms in total. The summed E-state index contributed by atoms with van der Waals surface area (Å²) in [5, 5.41) is 0. The van der Waals surface area contributed by atoms with Crippen LogP contribution in [0.5, 0.6) is 0 Å². The van der Waals surface area contributed by atoms with Gasteiger partial charge in [0, 0.05) is 0 Å². The van der Waals surface area contributed by atoms with Crippen LogP contribution in [0.25, 0.3) is 0 Å². The van der Waals surface area contributed by atoms with Crippen LogP contribution < -0.4 is 0 Å². The highest BCUT2D eigenvalue weighted by atomic mass is 14.0. The zero-order chi connectivity index (χ0) is 9.23. The first-order valence-electron chi connectivity index (χ1n) is 5.51. The van der Waals surface area contributed by atoms with E-state index in [9.17, 15) is 0 Å². The van der Waals surface area contributed by atoms with Gasteiger partial charge < -0.3 is 0 Å². The van der Waals surface area contributed by atoms with E-state index in [1.807, 2.05) is 0 Å². The van der Waals surface area contributed by atoms with Gasteiger partial charge in [-0.1, -0.05) is 52.2 Å². The van der Waals surface area contributed by atoms with Crippen LogP contribution >= 0.6 is 0 Å². The predicted octanol–water partition coefficient (Wildman–Crippen LogP) is 4.56. The predicted molar refractivity (Wildman–Crippen MR) is 57.4 cm³/mol. The lowest BCUT2D eigenvalue weighted by molar-refractivity contribution is 0.561. The second kappa shape index (κ2) is 8.83. The Morgan fingerprint density at radius 2 is 1.83 bits per heavy atom. The molecule has 0 aliphatic rings. The van der Waals surface area contributed by atoms with Gasteiger partial charge in [-0.15, -0.1) is 0 Å². The maximum absolute atomic E-state index is 2.42. The van der Waals surface area contributed by atoms with Crippen molar-refractivity contribution in [2.24, 2.45) is 5.92 Å². The summed E-state index contributed by atoms with van der Waals surface area (Å²) >= 11 is 0. The smallest absolute Gasteiger partial charge is 0.0236 e. The maximum Gasteiger partial charge on any atom is -0.0236 e. The fraction of sp³-hybridized carbons (Fsp3) is 0.833. The van der Waals surface area contributed by atoms with Crippen molar-refractivity contribution in [1.29, 1.82) is 0 Å². The number of hydrogen-bond donors (Lipinski definition) is 0. The highest BCUT2D eigenvalue weighted by Crippen LogP contribution is 2.12. The Kier molecular flexibility index (Phi) is 8.64. The van der Waals surface area contributed by atoms with E-state index in [-0.39, 0.29) is 0 Å². The lowest BCUT2D eigenvalue weighted by Gasteiger charge is -2.06. The van der Waals surface area contributed by atoms with Crippen LogP contribution in [0.15, 0.2) is 12.2 Å². The van der Waals surface area contributed by atoms with Crippen molar-refractivity contribution in [3.05, 3.63) is 12.2 Å².